The average molecular weight is 348 g/mol. The first-order chi connectivity index (χ1) is 11.8. The van der Waals surface area contributed by atoms with E-state index in [1.165, 1.54) is 29.2 Å². The molecule has 1 aromatic heterocycles. The number of hydrogen-bond acceptors (Lipinski definition) is 5. The molecule has 1 aliphatic heterocycles. The third kappa shape index (κ3) is 3.42. The Morgan fingerprint density at radius 3 is 2.68 bits per heavy atom. The van der Waals surface area contributed by atoms with Crippen LogP contribution in [0.25, 0.3) is 0 Å². The molecule has 3 rings (SSSR count). The number of nitrogens with zero attached hydrogens (tertiary/aromatic N) is 4. The van der Waals surface area contributed by atoms with Gasteiger partial charge >= 0.3 is 6.18 Å². The van der Waals surface area contributed by atoms with Crippen LogP contribution in [0.2, 0.25) is 0 Å². The molecule has 2 heterocycles. The molecule has 1 aromatic carbocycles. The van der Waals surface area contributed by atoms with E-state index >= 15 is 0 Å². The zero-order valence-electron chi connectivity index (χ0n) is 13.3. The first kappa shape index (κ1) is 17.2. The van der Waals surface area contributed by atoms with Gasteiger partial charge in [-0.25, -0.2) is 9.97 Å². The maximum Gasteiger partial charge on any atom is 0.416 e. The van der Waals surface area contributed by atoms with Crippen molar-refractivity contribution >= 4 is 5.95 Å². The van der Waals surface area contributed by atoms with E-state index in [1.807, 2.05) is 6.07 Å². The number of benzene rings is 1. The molecule has 5 nitrogen and oxygen atoms in total. The van der Waals surface area contributed by atoms with E-state index in [2.05, 4.69) is 9.97 Å². The second-order valence-corrected chi connectivity index (χ2v) is 5.95. The Kier molecular flexibility index (Phi) is 4.35. The predicted molar refractivity (Wildman–Crippen MR) is 83.6 cm³/mol. The molecule has 2 atom stereocenters. The molecule has 0 radical (unpaired) electrons. The summed E-state index contributed by atoms with van der Waals surface area (Å²) in [5, 5.41) is 19.1. The number of alkyl halides is 3. The normalized spacial score (nSPS) is 20.6. The third-order valence-corrected chi connectivity index (χ3v) is 4.12. The number of rotatable bonds is 2. The molecule has 1 aliphatic rings. The van der Waals surface area contributed by atoms with Crippen LogP contribution in [0.3, 0.4) is 0 Å². The lowest BCUT2D eigenvalue weighted by Crippen LogP contribution is -2.28. The number of aromatic nitrogens is 2. The molecule has 0 aliphatic carbocycles. The molecule has 1 saturated heterocycles. The smallest absolute Gasteiger partial charge is 0.391 e. The van der Waals surface area contributed by atoms with Gasteiger partial charge < -0.3 is 10.0 Å². The van der Waals surface area contributed by atoms with E-state index in [-0.39, 0.29) is 30.2 Å². The third-order valence-electron chi connectivity index (χ3n) is 4.12. The van der Waals surface area contributed by atoms with Crippen molar-refractivity contribution in [2.24, 2.45) is 0 Å². The molecule has 1 fully saturated rings. The fourth-order valence-corrected chi connectivity index (χ4v) is 3.11. The summed E-state index contributed by atoms with van der Waals surface area (Å²) in [4.78, 5) is 9.87. The van der Waals surface area contributed by atoms with E-state index in [4.69, 9.17) is 5.26 Å². The number of β-amino-alcohol motifs (C(OH)–C–C–N with tert-alkyl or cyclic N) is 1. The second-order valence-electron chi connectivity index (χ2n) is 5.95. The Morgan fingerprint density at radius 2 is 2.00 bits per heavy atom. The molecule has 130 valence electrons. The molecular weight excluding hydrogens is 333 g/mol. The fourth-order valence-electron chi connectivity index (χ4n) is 3.11. The van der Waals surface area contributed by atoms with Crippen LogP contribution in [0.1, 0.15) is 35.0 Å². The zero-order chi connectivity index (χ0) is 18.2. The van der Waals surface area contributed by atoms with Gasteiger partial charge in [-0.2, -0.15) is 18.4 Å². The molecule has 25 heavy (non-hydrogen) atoms. The Hall–Kier alpha value is -2.66. The van der Waals surface area contributed by atoms with Crippen molar-refractivity contribution in [1.29, 1.82) is 5.26 Å². The number of hydrogen-bond donors (Lipinski definition) is 1. The summed E-state index contributed by atoms with van der Waals surface area (Å²) in [6.45, 7) is 1.78. The van der Waals surface area contributed by atoms with Gasteiger partial charge in [-0.3, -0.25) is 0 Å². The van der Waals surface area contributed by atoms with E-state index < -0.39 is 23.9 Å². The number of aliphatic hydroxyl groups is 1. The highest BCUT2D eigenvalue weighted by atomic mass is 19.4. The summed E-state index contributed by atoms with van der Waals surface area (Å²) in [7, 11) is 0. The highest BCUT2D eigenvalue weighted by Crippen LogP contribution is 2.41. The standard InChI is InChI=1S/C17H15F3N4O/c1-10-6-11(8-21)23-16(22-10)24-9-12(25)7-15(24)13-4-2-3-5-14(13)17(18,19)20/h2-6,12,15,25H,7,9H2,1H3/t12-,15+/m1/s1. The van der Waals surface area contributed by atoms with Gasteiger partial charge in [-0.15, -0.1) is 0 Å². The Bertz CT molecular complexity index is 831. The van der Waals surface area contributed by atoms with Gasteiger partial charge in [0.25, 0.3) is 0 Å². The van der Waals surface area contributed by atoms with Crippen molar-refractivity contribution in [3.63, 3.8) is 0 Å². The van der Waals surface area contributed by atoms with Crippen LogP contribution in [-0.2, 0) is 6.18 Å². The van der Waals surface area contributed by atoms with Crippen LogP contribution in [0.15, 0.2) is 30.3 Å². The first-order valence-electron chi connectivity index (χ1n) is 7.66. The Labute approximate surface area is 142 Å². The zero-order valence-corrected chi connectivity index (χ0v) is 13.3. The highest BCUT2D eigenvalue weighted by Gasteiger charge is 2.40. The summed E-state index contributed by atoms with van der Waals surface area (Å²) in [5.74, 6) is 0.148. The van der Waals surface area contributed by atoms with E-state index in [1.54, 1.807) is 6.92 Å². The summed E-state index contributed by atoms with van der Waals surface area (Å²) >= 11 is 0. The molecule has 0 unspecified atom stereocenters. The molecule has 0 amide bonds. The summed E-state index contributed by atoms with van der Waals surface area (Å²) in [5.41, 5.74) is -0.0139. The number of nitriles is 1. The van der Waals surface area contributed by atoms with Gasteiger partial charge in [0.05, 0.1) is 17.7 Å². The monoisotopic (exact) mass is 348 g/mol. The lowest BCUT2D eigenvalue weighted by molar-refractivity contribution is -0.138. The fraction of sp³-hybridized carbons (Fsp3) is 0.353. The lowest BCUT2D eigenvalue weighted by Gasteiger charge is -2.27. The quantitative estimate of drug-likeness (QED) is 0.903. The maximum atomic E-state index is 13.4. The van der Waals surface area contributed by atoms with Crippen LogP contribution >= 0.6 is 0 Å². The minimum atomic E-state index is -4.50. The Morgan fingerprint density at radius 1 is 1.28 bits per heavy atom. The van der Waals surface area contributed by atoms with Crippen molar-refractivity contribution in [1.82, 2.24) is 9.97 Å². The van der Waals surface area contributed by atoms with Crippen molar-refractivity contribution in [2.75, 3.05) is 11.4 Å². The van der Waals surface area contributed by atoms with Crippen molar-refractivity contribution in [2.45, 2.75) is 31.7 Å². The van der Waals surface area contributed by atoms with Crippen LogP contribution in [-0.4, -0.2) is 27.7 Å². The molecule has 8 heteroatoms. The van der Waals surface area contributed by atoms with E-state index in [0.29, 0.717) is 5.69 Å². The van der Waals surface area contributed by atoms with Gasteiger partial charge in [0.2, 0.25) is 5.95 Å². The molecule has 0 saturated carbocycles. The van der Waals surface area contributed by atoms with Gasteiger partial charge in [0, 0.05) is 12.2 Å². The summed E-state index contributed by atoms with van der Waals surface area (Å²) in [6.07, 6.45) is -5.17. The van der Waals surface area contributed by atoms with Crippen LogP contribution in [0.4, 0.5) is 19.1 Å². The highest BCUT2D eigenvalue weighted by molar-refractivity contribution is 5.45. The topological polar surface area (TPSA) is 73.0 Å². The number of halogens is 3. The van der Waals surface area contributed by atoms with Gasteiger partial charge in [0.15, 0.2) is 0 Å². The van der Waals surface area contributed by atoms with Gasteiger partial charge in [-0.1, -0.05) is 18.2 Å². The van der Waals surface area contributed by atoms with Gasteiger partial charge in [-0.05, 0) is 31.0 Å². The molecular formula is C17H15F3N4O. The van der Waals surface area contributed by atoms with Crippen LogP contribution in [0.5, 0.6) is 0 Å². The molecule has 2 aromatic rings. The molecule has 1 N–H and O–H groups in total. The number of anilines is 1. The number of aliphatic hydroxyl groups excluding tert-OH is 1. The summed E-state index contributed by atoms with van der Waals surface area (Å²) < 4.78 is 40.1. The average Bonchev–Trinajstić information content (AvgIpc) is 2.95. The molecule has 0 bridgehead atoms. The van der Waals surface area contributed by atoms with Crippen LogP contribution in [0, 0.1) is 18.3 Å². The minimum Gasteiger partial charge on any atom is -0.391 e. The van der Waals surface area contributed by atoms with E-state index in [9.17, 15) is 18.3 Å². The molecule has 0 spiro atoms. The maximum absolute atomic E-state index is 13.4. The lowest BCUT2D eigenvalue weighted by atomic mass is 9.97. The SMILES string of the molecule is Cc1cc(C#N)nc(N2C[C@H](O)C[C@H]2c2ccccc2C(F)(F)F)n1. The summed E-state index contributed by atoms with van der Waals surface area (Å²) in [6, 6.07) is 7.98. The van der Waals surface area contributed by atoms with E-state index in [0.717, 1.165) is 6.07 Å². The van der Waals surface area contributed by atoms with Crippen LogP contribution < -0.4 is 4.90 Å². The van der Waals surface area contributed by atoms with Crippen molar-refractivity contribution in [3.8, 4) is 6.07 Å². The second kappa shape index (κ2) is 6.33. The Balaban J connectivity index is 2.08. The minimum absolute atomic E-state index is 0.0650. The number of aryl methyl sites for hydroxylation is 1. The van der Waals surface area contributed by atoms with Crippen molar-refractivity contribution < 1.29 is 18.3 Å². The largest absolute Gasteiger partial charge is 0.416 e. The van der Waals surface area contributed by atoms with Gasteiger partial charge in [0.1, 0.15) is 11.8 Å². The predicted octanol–water partition coefficient (Wildman–Crippen LogP) is 2.99. The first-order valence-corrected chi connectivity index (χ1v) is 7.66. The van der Waals surface area contributed by atoms with Crippen molar-refractivity contribution in [3.05, 3.63) is 52.8 Å².